The van der Waals surface area contributed by atoms with Gasteiger partial charge in [0.1, 0.15) is 19.3 Å². The summed E-state index contributed by atoms with van der Waals surface area (Å²) in [7, 11) is 1.51. The van der Waals surface area contributed by atoms with Crippen LogP contribution in [0, 0.1) is 0 Å². The molecule has 3 unspecified atom stereocenters. The topological polar surface area (TPSA) is 111 Å². The van der Waals surface area contributed by atoms with Crippen molar-refractivity contribution in [1.82, 2.24) is 5.32 Å². The highest BCUT2D eigenvalue weighted by Gasteiger charge is 2.30. The quantitative estimate of drug-likeness (QED) is 0.0205. The van der Waals surface area contributed by atoms with Crippen LogP contribution in [0.4, 0.5) is 0 Å². The Morgan fingerprint density at radius 1 is 0.467 bits per heavy atom. The van der Waals surface area contributed by atoms with Crippen molar-refractivity contribution in [3.8, 4) is 0 Å². The maximum Gasteiger partial charge on any atom is 0.472 e. The van der Waals surface area contributed by atoms with Gasteiger partial charge < -0.3 is 19.4 Å². The zero-order valence-corrected chi connectivity index (χ0v) is 51.5. The van der Waals surface area contributed by atoms with Gasteiger partial charge in [0.25, 0.3) is 0 Å². The van der Waals surface area contributed by atoms with Crippen molar-refractivity contribution in [2.75, 3.05) is 40.9 Å². The molecule has 75 heavy (non-hydrogen) atoms. The van der Waals surface area contributed by atoms with Crippen LogP contribution < -0.4 is 5.32 Å². The van der Waals surface area contributed by atoms with Crippen LogP contribution in [0.1, 0.15) is 316 Å². The second-order valence-corrected chi connectivity index (χ2v) is 24.7. The zero-order valence-electron chi connectivity index (χ0n) is 50.6. The fourth-order valence-electron chi connectivity index (χ4n) is 9.56. The number of carbonyl (C=O) groups excluding carboxylic acids is 2. The number of unbranched alkanes of at least 4 members (excludes halogenated alkanes) is 39. The molecule has 0 saturated carbocycles. The molecule has 442 valence electrons. The number of allylic oxidation sites excluding steroid dienone is 5. The molecule has 0 aromatic carbocycles. The second kappa shape index (κ2) is 55.5. The monoisotopic (exact) mass is 1080 g/mol. The van der Waals surface area contributed by atoms with Gasteiger partial charge in [-0.15, -0.1) is 0 Å². The molecule has 0 saturated heterocycles. The minimum Gasteiger partial charge on any atom is -0.456 e. The zero-order chi connectivity index (χ0) is 55.0. The molecule has 0 bridgehead atoms. The predicted octanol–water partition coefficient (Wildman–Crippen LogP) is 19.9. The molecule has 0 aliphatic heterocycles. The summed E-state index contributed by atoms with van der Waals surface area (Å²) in [6.07, 6.45) is 67.1. The normalized spacial score (nSPS) is 13.9. The van der Waals surface area contributed by atoms with Crippen molar-refractivity contribution < 1.29 is 37.3 Å². The SMILES string of the molecule is CCCCC/C=C\C/C=C\CCCCCCCCCCCCCC(=O)OC(/C=C/CCCCCCCCCCCC)C(COP(=O)(O)OCC[N+](C)(C)C)NC(=O)CCCCCCCCCCCCCCCCCC. The van der Waals surface area contributed by atoms with Crippen LogP contribution in [0.15, 0.2) is 36.5 Å². The fraction of sp³-hybridized carbons (Fsp3) is 0.877. The van der Waals surface area contributed by atoms with Crippen molar-refractivity contribution in [2.45, 2.75) is 328 Å². The van der Waals surface area contributed by atoms with Crippen molar-refractivity contribution in [3.05, 3.63) is 36.5 Å². The van der Waals surface area contributed by atoms with Crippen molar-refractivity contribution in [1.29, 1.82) is 0 Å². The van der Waals surface area contributed by atoms with Gasteiger partial charge in [-0.3, -0.25) is 18.6 Å². The molecule has 9 nitrogen and oxygen atoms in total. The highest BCUT2D eigenvalue weighted by atomic mass is 31.2. The number of phosphoric ester groups is 1. The van der Waals surface area contributed by atoms with Crippen LogP contribution >= 0.6 is 7.82 Å². The summed E-state index contributed by atoms with van der Waals surface area (Å²) in [4.78, 5) is 37.7. The van der Waals surface area contributed by atoms with Crippen molar-refractivity contribution in [2.24, 2.45) is 0 Å². The summed E-state index contributed by atoms with van der Waals surface area (Å²) < 4.78 is 30.7. The first-order valence-electron chi connectivity index (χ1n) is 32.3. The first-order valence-corrected chi connectivity index (χ1v) is 33.8. The first kappa shape index (κ1) is 73.2. The van der Waals surface area contributed by atoms with Gasteiger partial charge in [0, 0.05) is 12.8 Å². The number of nitrogens with one attached hydrogen (secondary N) is 1. The summed E-state index contributed by atoms with van der Waals surface area (Å²) in [5.41, 5.74) is 0. The van der Waals surface area contributed by atoms with Crippen LogP contribution in [0.3, 0.4) is 0 Å². The molecule has 0 heterocycles. The predicted molar refractivity (Wildman–Crippen MR) is 323 cm³/mol. The number of rotatable bonds is 59. The standard InChI is InChI=1S/C65H125N2O7P/c1-7-10-13-16-19-22-25-28-30-32-33-34-35-36-38-40-43-46-49-52-55-58-65(69)74-63(56-53-50-47-44-41-27-24-21-18-15-12-9-3)62(61-73-75(70,71)72-60-59-67(4,5)6)66-64(68)57-54-51-48-45-42-39-37-31-29-26-23-20-17-14-11-8-2/h19,22,28,30,53,56,62-63H,7-18,20-21,23-27,29,31-52,54-55,57-61H2,1-6H3,(H-,66,68,70,71)/p+1/b22-19-,30-28-,56-53+. The molecule has 10 heteroatoms. The lowest BCUT2D eigenvalue weighted by Gasteiger charge is -2.27. The molecule has 0 radical (unpaired) electrons. The summed E-state index contributed by atoms with van der Waals surface area (Å²) >= 11 is 0. The Hall–Kier alpha value is -1.77. The number of ether oxygens (including phenoxy) is 1. The average molecular weight is 1080 g/mol. The van der Waals surface area contributed by atoms with E-state index < -0.39 is 20.0 Å². The number of esters is 1. The van der Waals surface area contributed by atoms with Gasteiger partial charge in [0.15, 0.2) is 0 Å². The average Bonchev–Trinajstić information content (AvgIpc) is 3.37. The molecule has 0 aliphatic rings. The minimum atomic E-state index is -4.44. The Kier molecular flexibility index (Phi) is 54.2. The molecule has 0 aromatic heterocycles. The third kappa shape index (κ3) is 56.8. The van der Waals surface area contributed by atoms with E-state index in [1.807, 2.05) is 33.3 Å². The van der Waals surface area contributed by atoms with Crippen LogP contribution in [-0.2, 0) is 27.9 Å². The highest BCUT2D eigenvalue weighted by Crippen LogP contribution is 2.43. The van der Waals surface area contributed by atoms with Gasteiger partial charge in [-0.25, -0.2) is 4.57 Å². The third-order valence-electron chi connectivity index (χ3n) is 14.6. The maximum atomic E-state index is 13.5. The number of hydrogen-bond donors (Lipinski definition) is 2. The van der Waals surface area contributed by atoms with Crippen LogP contribution in [0.2, 0.25) is 0 Å². The third-order valence-corrected chi connectivity index (χ3v) is 15.6. The molecular formula is C65H126N2O7P+. The maximum absolute atomic E-state index is 13.5. The number of likely N-dealkylation sites (N-methyl/N-ethyl adjacent to an activating group) is 1. The number of quaternary nitrogens is 1. The lowest BCUT2D eigenvalue weighted by Crippen LogP contribution is -2.47. The van der Waals surface area contributed by atoms with Gasteiger partial charge in [0.2, 0.25) is 5.91 Å². The Morgan fingerprint density at radius 3 is 1.23 bits per heavy atom. The van der Waals surface area contributed by atoms with E-state index in [0.29, 0.717) is 23.9 Å². The molecule has 0 spiro atoms. The van der Waals surface area contributed by atoms with Crippen molar-refractivity contribution in [3.63, 3.8) is 0 Å². The summed E-state index contributed by atoms with van der Waals surface area (Å²) in [6.45, 7) is 7.03. The molecule has 1 amide bonds. The molecule has 0 aliphatic carbocycles. The largest absolute Gasteiger partial charge is 0.472 e. The van der Waals surface area contributed by atoms with E-state index in [1.165, 1.54) is 218 Å². The van der Waals surface area contributed by atoms with Gasteiger partial charge in [-0.05, 0) is 63.9 Å². The summed E-state index contributed by atoms with van der Waals surface area (Å²) in [5.74, 6) is -0.492. The van der Waals surface area contributed by atoms with E-state index in [9.17, 15) is 19.0 Å². The summed E-state index contributed by atoms with van der Waals surface area (Å²) in [6, 6.07) is -0.844. The van der Waals surface area contributed by atoms with Gasteiger partial charge >= 0.3 is 13.8 Å². The lowest BCUT2D eigenvalue weighted by atomic mass is 10.0. The van der Waals surface area contributed by atoms with Gasteiger partial charge in [-0.2, -0.15) is 0 Å². The number of nitrogens with zero attached hydrogens (tertiary/aromatic N) is 1. The second-order valence-electron chi connectivity index (χ2n) is 23.3. The molecule has 3 atom stereocenters. The molecule has 2 N–H and O–H groups in total. The van der Waals surface area contributed by atoms with Crippen LogP contribution in [0.25, 0.3) is 0 Å². The minimum absolute atomic E-state index is 0.0426. The fourth-order valence-corrected chi connectivity index (χ4v) is 10.3. The summed E-state index contributed by atoms with van der Waals surface area (Å²) in [5, 5.41) is 3.06. The van der Waals surface area contributed by atoms with E-state index in [1.54, 1.807) is 0 Å². The Morgan fingerprint density at radius 2 is 0.813 bits per heavy atom. The van der Waals surface area contributed by atoms with Crippen molar-refractivity contribution >= 4 is 19.7 Å². The highest BCUT2D eigenvalue weighted by molar-refractivity contribution is 7.47. The smallest absolute Gasteiger partial charge is 0.456 e. The van der Waals surface area contributed by atoms with Crippen LogP contribution in [-0.4, -0.2) is 74.3 Å². The molecule has 0 fully saturated rings. The van der Waals surface area contributed by atoms with Gasteiger partial charge in [0.05, 0.1) is 33.8 Å². The molecule has 0 aromatic rings. The number of carbonyl (C=O) groups is 2. The number of phosphoric acid groups is 1. The number of amides is 1. The first-order chi connectivity index (χ1) is 36.4. The lowest BCUT2D eigenvalue weighted by molar-refractivity contribution is -0.870. The van der Waals surface area contributed by atoms with Gasteiger partial charge in [-0.1, -0.05) is 276 Å². The van der Waals surface area contributed by atoms with E-state index in [4.69, 9.17) is 13.8 Å². The Bertz CT molecular complexity index is 1380. The Balaban J connectivity index is 5.17. The number of hydrogen-bond acceptors (Lipinski definition) is 6. The van der Waals surface area contributed by atoms with E-state index in [2.05, 4.69) is 50.4 Å². The molecular weight excluding hydrogens is 952 g/mol. The van der Waals surface area contributed by atoms with E-state index in [0.717, 1.165) is 64.2 Å². The molecule has 0 rings (SSSR count). The van der Waals surface area contributed by atoms with E-state index >= 15 is 0 Å². The Labute approximate surface area is 466 Å². The van der Waals surface area contributed by atoms with Crippen LogP contribution in [0.5, 0.6) is 0 Å². The van der Waals surface area contributed by atoms with E-state index in [-0.39, 0.29) is 25.1 Å².